The Morgan fingerprint density at radius 1 is 0.585 bits per heavy atom. The highest BCUT2D eigenvalue weighted by Gasteiger charge is 2.41. The minimum Gasteiger partial charge on any atom is -0.493 e. The fourth-order valence-electron chi connectivity index (χ4n) is 5.17. The van der Waals surface area contributed by atoms with Gasteiger partial charge < -0.3 is 48.1 Å². The first-order chi connectivity index (χ1) is 24.7. The van der Waals surface area contributed by atoms with Crippen LogP contribution in [0.3, 0.4) is 0 Å². The van der Waals surface area contributed by atoms with Crippen LogP contribution in [-0.2, 0) is 41.7 Å². The number of carbonyl (C=O) groups excluding carboxylic acids is 2. The summed E-state index contributed by atoms with van der Waals surface area (Å²) in [5.41, 5.74) is -1.10. The molecule has 0 amide bonds. The molecule has 0 heterocycles. The number of rotatable bonds is 20. The van der Waals surface area contributed by atoms with Crippen molar-refractivity contribution in [3.63, 3.8) is 0 Å². The van der Waals surface area contributed by atoms with Gasteiger partial charge in [0.2, 0.25) is 11.5 Å². The molecule has 0 aliphatic heterocycles. The Hall–Kier alpha value is -4.96. The molecule has 0 aromatic heterocycles. The lowest BCUT2D eigenvalue weighted by Crippen LogP contribution is -2.55. The van der Waals surface area contributed by atoms with Crippen molar-refractivity contribution >= 4 is 23.9 Å². The van der Waals surface area contributed by atoms with Gasteiger partial charge in [0.1, 0.15) is 0 Å². The number of aliphatic carboxylic acids is 2. The molecule has 2 aromatic carbocycles. The number of nitrogens with zero attached hydrogens (tertiary/aromatic N) is 2. The van der Waals surface area contributed by atoms with Crippen LogP contribution in [0.5, 0.6) is 34.5 Å². The molecular formula is C37H54N2O14. The van der Waals surface area contributed by atoms with Crippen LogP contribution in [-0.4, -0.2) is 119 Å². The summed E-state index contributed by atoms with van der Waals surface area (Å²) in [5, 5.41) is 20.3. The predicted octanol–water partition coefficient (Wildman–Crippen LogP) is 4.08. The molecule has 16 heteroatoms. The molecule has 0 saturated carbocycles. The third-order valence-corrected chi connectivity index (χ3v) is 7.84. The van der Waals surface area contributed by atoms with E-state index in [9.17, 15) is 29.4 Å². The Morgan fingerprint density at radius 3 is 1.25 bits per heavy atom. The number of ether oxygens (including phenoxy) is 8. The second-order valence-electron chi connectivity index (χ2n) is 14.2. The first-order valence-electron chi connectivity index (χ1n) is 16.6. The minimum absolute atomic E-state index is 0.0439. The van der Waals surface area contributed by atoms with Crippen LogP contribution < -0.4 is 28.4 Å². The maximum Gasteiger partial charge on any atom is 0.317 e. The van der Waals surface area contributed by atoms with E-state index in [-0.39, 0.29) is 19.6 Å². The molecule has 2 N–H and O–H groups in total. The average molecular weight is 751 g/mol. The summed E-state index contributed by atoms with van der Waals surface area (Å²) in [4.78, 5) is 54.7. The van der Waals surface area contributed by atoms with E-state index in [0.717, 1.165) is 0 Å². The van der Waals surface area contributed by atoms with E-state index < -0.39 is 60.1 Å². The molecule has 296 valence electrons. The summed E-state index contributed by atoms with van der Waals surface area (Å²) in [5.74, 6) is -2.12. The number of esters is 2. The van der Waals surface area contributed by atoms with Gasteiger partial charge in [-0.3, -0.25) is 29.0 Å². The SMILES string of the molecule is COc1cc(CN(CC(=O)O)CC(C(OC(=O)C(C)(C)C)OC(=O)C(C)(C)C)N(CC(=O)O)Cc2cc(OC)c(OC)c(OC)c2)cc(OC)c1OC. The van der Waals surface area contributed by atoms with Crippen LogP contribution in [0.15, 0.2) is 24.3 Å². The third kappa shape index (κ3) is 12.6. The molecule has 2 aromatic rings. The Bertz CT molecular complexity index is 1500. The fourth-order valence-corrected chi connectivity index (χ4v) is 5.17. The quantitative estimate of drug-likeness (QED) is 0.145. The lowest BCUT2D eigenvalue weighted by atomic mass is 9.97. The number of hydrogen-bond donors (Lipinski definition) is 2. The van der Waals surface area contributed by atoms with Crippen molar-refractivity contribution < 1.29 is 67.3 Å². The summed E-state index contributed by atoms with van der Waals surface area (Å²) < 4.78 is 44.7. The number of benzene rings is 2. The lowest BCUT2D eigenvalue weighted by Gasteiger charge is -2.39. The molecule has 0 aliphatic carbocycles. The normalized spacial score (nSPS) is 12.3. The van der Waals surface area contributed by atoms with Crippen molar-refractivity contribution in [2.45, 2.75) is 67.0 Å². The summed E-state index contributed by atoms with van der Waals surface area (Å²) in [6, 6.07) is 5.27. The van der Waals surface area contributed by atoms with Gasteiger partial charge >= 0.3 is 23.9 Å². The predicted molar refractivity (Wildman–Crippen MR) is 192 cm³/mol. The zero-order valence-electron chi connectivity index (χ0n) is 32.7. The molecule has 0 fully saturated rings. The maximum atomic E-state index is 13.5. The van der Waals surface area contributed by atoms with Crippen LogP contribution >= 0.6 is 0 Å². The molecule has 1 unspecified atom stereocenters. The molecule has 16 nitrogen and oxygen atoms in total. The maximum absolute atomic E-state index is 13.5. The third-order valence-electron chi connectivity index (χ3n) is 7.84. The molecule has 53 heavy (non-hydrogen) atoms. The molecule has 0 saturated heterocycles. The van der Waals surface area contributed by atoms with E-state index in [1.165, 1.54) is 52.5 Å². The fraction of sp³-hybridized carbons (Fsp3) is 0.568. The van der Waals surface area contributed by atoms with Crippen LogP contribution in [0.4, 0.5) is 0 Å². The minimum atomic E-state index is -1.70. The monoisotopic (exact) mass is 750 g/mol. The zero-order chi connectivity index (χ0) is 40.3. The Morgan fingerprint density at radius 2 is 0.943 bits per heavy atom. The van der Waals surface area contributed by atoms with E-state index in [1.54, 1.807) is 65.8 Å². The van der Waals surface area contributed by atoms with Gasteiger partial charge in [-0.25, -0.2) is 0 Å². The van der Waals surface area contributed by atoms with Gasteiger partial charge in [-0.15, -0.1) is 0 Å². The first-order valence-corrected chi connectivity index (χ1v) is 16.6. The molecule has 0 aliphatic rings. The first kappa shape index (κ1) is 44.2. The van der Waals surface area contributed by atoms with Crippen molar-refractivity contribution in [2.24, 2.45) is 10.8 Å². The summed E-state index contributed by atoms with van der Waals surface area (Å²) in [6.45, 7) is 8.00. The smallest absolute Gasteiger partial charge is 0.317 e. The van der Waals surface area contributed by atoms with Crippen molar-refractivity contribution in [1.29, 1.82) is 0 Å². The van der Waals surface area contributed by atoms with Crippen LogP contribution in [0.1, 0.15) is 52.7 Å². The van der Waals surface area contributed by atoms with Crippen molar-refractivity contribution in [2.75, 3.05) is 62.3 Å². The van der Waals surface area contributed by atoms with Crippen molar-refractivity contribution in [1.82, 2.24) is 9.80 Å². The molecule has 0 bridgehead atoms. The van der Waals surface area contributed by atoms with E-state index in [4.69, 9.17) is 37.9 Å². The Kier molecular flexibility index (Phi) is 16.0. The van der Waals surface area contributed by atoms with Gasteiger partial charge in [0.15, 0.2) is 23.0 Å². The molecule has 2 rings (SSSR count). The number of methoxy groups -OCH3 is 6. The highest BCUT2D eigenvalue weighted by molar-refractivity contribution is 5.77. The van der Waals surface area contributed by atoms with Crippen LogP contribution in [0.25, 0.3) is 0 Å². The van der Waals surface area contributed by atoms with Crippen LogP contribution in [0, 0.1) is 10.8 Å². The van der Waals surface area contributed by atoms with E-state index in [2.05, 4.69) is 0 Å². The Labute approximate surface area is 310 Å². The zero-order valence-corrected chi connectivity index (χ0v) is 32.7. The average Bonchev–Trinajstić information content (AvgIpc) is 3.07. The van der Waals surface area contributed by atoms with Gasteiger partial charge in [0.25, 0.3) is 6.29 Å². The number of carbonyl (C=O) groups is 4. The van der Waals surface area contributed by atoms with E-state index in [0.29, 0.717) is 45.6 Å². The van der Waals surface area contributed by atoms with Gasteiger partial charge in [0.05, 0.1) is 72.6 Å². The summed E-state index contributed by atoms with van der Waals surface area (Å²) in [6.07, 6.45) is -1.70. The molecule has 0 spiro atoms. The largest absolute Gasteiger partial charge is 0.493 e. The van der Waals surface area contributed by atoms with Gasteiger partial charge in [-0.2, -0.15) is 0 Å². The Balaban J connectivity index is 2.89. The number of hydrogen-bond acceptors (Lipinski definition) is 14. The van der Waals surface area contributed by atoms with Gasteiger partial charge in [-0.1, -0.05) is 0 Å². The van der Waals surface area contributed by atoms with Gasteiger partial charge in [-0.05, 0) is 76.9 Å². The highest BCUT2D eigenvalue weighted by Crippen LogP contribution is 2.40. The van der Waals surface area contributed by atoms with E-state index >= 15 is 0 Å². The standard InChI is InChI=1S/C37H54N2O14/c1-36(2,3)34(44)52-33(53-35(45)37(4,5)6)24(39(21-30(42)43)18-23-15-27(48-9)32(51-12)28(16-23)49-10)19-38(20-29(40)41)17-22-13-25(46-7)31(50-11)26(14-22)47-8/h13-16,24,33H,17-21H2,1-12H3,(H,40,41)(H,42,43). The number of carboxylic acids is 2. The summed E-state index contributed by atoms with van der Waals surface area (Å²) >= 11 is 0. The summed E-state index contributed by atoms with van der Waals surface area (Å²) in [7, 11) is 8.63. The number of carboxylic acid groups (broad SMARTS) is 2. The molecule has 0 radical (unpaired) electrons. The van der Waals surface area contributed by atoms with Crippen molar-refractivity contribution in [3.05, 3.63) is 35.4 Å². The topological polar surface area (TPSA) is 189 Å². The lowest BCUT2D eigenvalue weighted by molar-refractivity contribution is -0.213. The second kappa shape index (κ2) is 19.2. The van der Waals surface area contributed by atoms with Gasteiger partial charge in [0, 0.05) is 19.6 Å². The van der Waals surface area contributed by atoms with Crippen LogP contribution in [0.2, 0.25) is 0 Å². The highest BCUT2D eigenvalue weighted by atomic mass is 16.7. The van der Waals surface area contributed by atoms with E-state index in [1.807, 2.05) is 0 Å². The molecular weight excluding hydrogens is 696 g/mol. The second-order valence-corrected chi connectivity index (χ2v) is 14.2. The molecule has 1 atom stereocenters. The van der Waals surface area contributed by atoms with Crippen molar-refractivity contribution in [3.8, 4) is 34.5 Å².